The highest BCUT2D eigenvalue weighted by atomic mass is 32.3. The van der Waals surface area contributed by atoms with Crippen molar-refractivity contribution in [1.82, 2.24) is 0 Å². The molecule has 2 aliphatic heterocycles. The molecule has 2 saturated heterocycles. The van der Waals surface area contributed by atoms with Gasteiger partial charge >= 0.3 is 10.2 Å². The summed E-state index contributed by atoms with van der Waals surface area (Å²) < 4.78 is 57.1. The summed E-state index contributed by atoms with van der Waals surface area (Å²) in [5.74, 6) is 4.48. The van der Waals surface area contributed by atoms with Crippen molar-refractivity contribution in [1.29, 1.82) is 0 Å². The number of carbonyl (C=O) groups excluding carboxylic acids is 2. The summed E-state index contributed by atoms with van der Waals surface area (Å²) in [7, 11) is -9.79. The molecule has 192 valence electrons. The number of hydrogen-bond donors (Lipinski definition) is 0. The molecule has 12 heteroatoms. The van der Waals surface area contributed by atoms with Gasteiger partial charge in [0.1, 0.15) is 48.3 Å². The molecular weight excluding hydrogens is 533 g/mol. The molecule has 4 rings (SSSR count). The van der Waals surface area contributed by atoms with Crippen LogP contribution in [0.5, 0.6) is 0 Å². The van der Waals surface area contributed by atoms with Gasteiger partial charge in [-0.25, -0.2) is 26.4 Å². The Bertz CT molecular complexity index is 1060. The van der Waals surface area contributed by atoms with Crippen molar-refractivity contribution in [2.45, 2.75) is 25.7 Å². The van der Waals surface area contributed by atoms with Gasteiger partial charge in [-0.3, -0.25) is 0 Å². The van der Waals surface area contributed by atoms with Crippen molar-refractivity contribution in [3.63, 3.8) is 0 Å². The van der Waals surface area contributed by atoms with E-state index < -0.39 is 25.3 Å². The molecule has 35 heavy (non-hydrogen) atoms. The van der Waals surface area contributed by atoms with E-state index in [-0.39, 0.29) is 21.8 Å². The van der Waals surface area contributed by atoms with Crippen LogP contribution in [0.2, 0.25) is 0 Å². The zero-order valence-electron chi connectivity index (χ0n) is 19.0. The van der Waals surface area contributed by atoms with Crippen LogP contribution in [0.15, 0.2) is 60.7 Å². The Morgan fingerprint density at radius 1 is 0.600 bits per heavy atom. The van der Waals surface area contributed by atoms with Crippen molar-refractivity contribution in [3.05, 3.63) is 71.8 Å². The van der Waals surface area contributed by atoms with Crippen molar-refractivity contribution in [2.75, 3.05) is 28.1 Å². The largest absolute Gasteiger partial charge is 0.747 e. The van der Waals surface area contributed by atoms with Crippen LogP contribution < -0.4 is 0 Å². The van der Waals surface area contributed by atoms with E-state index in [4.69, 9.17) is 0 Å². The summed E-state index contributed by atoms with van der Waals surface area (Å²) in [6.45, 7) is 0. The van der Waals surface area contributed by atoms with E-state index in [0.29, 0.717) is 10.2 Å². The molecule has 0 saturated carbocycles. The molecule has 0 unspecified atom stereocenters. The predicted molar refractivity (Wildman–Crippen MR) is 138 cm³/mol. The molecule has 0 bridgehead atoms. The molecule has 0 aromatic heterocycles. The van der Waals surface area contributed by atoms with Gasteiger partial charge in [-0.15, -0.1) is 0 Å². The Hall–Kier alpha value is -1.70. The molecule has 0 aliphatic carbocycles. The fourth-order valence-electron chi connectivity index (χ4n) is 3.34. The highest BCUT2D eigenvalue weighted by molar-refractivity contribution is 8.11. The number of rotatable bonds is 4. The first-order valence-corrected chi connectivity index (χ1v) is 17.2. The molecule has 0 spiro atoms. The molecule has 2 fully saturated rings. The van der Waals surface area contributed by atoms with Crippen LogP contribution in [0.3, 0.4) is 0 Å². The molecule has 2 aliphatic rings. The highest BCUT2D eigenvalue weighted by Crippen LogP contribution is 2.19. The maximum atomic E-state index is 11.9. The van der Waals surface area contributed by atoms with Gasteiger partial charge < -0.3 is 9.11 Å². The van der Waals surface area contributed by atoms with Crippen LogP contribution in [0, 0.1) is 0 Å². The van der Waals surface area contributed by atoms with Gasteiger partial charge in [-0.05, 0) is 49.9 Å². The molecule has 2 heterocycles. The summed E-state index contributed by atoms with van der Waals surface area (Å²) in [6, 6.07) is 19.4. The zero-order valence-corrected chi connectivity index (χ0v) is 22.3. The van der Waals surface area contributed by atoms with E-state index in [1.165, 1.54) is 25.7 Å². The summed E-state index contributed by atoms with van der Waals surface area (Å²) in [5.41, 5.74) is 1.79. The van der Waals surface area contributed by atoms with Gasteiger partial charge in [0.15, 0.2) is 0 Å². The van der Waals surface area contributed by atoms with Gasteiger partial charge in [0.05, 0.1) is 32.9 Å². The molecule has 2 aromatic carbocycles. The number of hydrogen-bond acceptors (Lipinski definition) is 8. The molecule has 0 radical (unpaired) electrons. The highest BCUT2D eigenvalue weighted by Gasteiger charge is 2.34. The third-order valence-electron chi connectivity index (χ3n) is 4.89. The lowest BCUT2D eigenvalue weighted by Gasteiger charge is -2.08. The average Bonchev–Trinajstić information content (AvgIpc) is 3.52. The van der Waals surface area contributed by atoms with Crippen LogP contribution >= 0.6 is 0 Å². The third-order valence-corrected chi connectivity index (χ3v) is 11.9. The van der Waals surface area contributed by atoms with Gasteiger partial charge in [-0.1, -0.05) is 36.4 Å². The Kier molecular flexibility index (Phi) is 11.9. The fourth-order valence-corrected chi connectivity index (χ4v) is 9.05. The third kappa shape index (κ3) is 11.7. The Balaban J connectivity index is 0.000000190. The van der Waals surface area contributed by atoms with Crippen LogP contribution in [-0.2, 0) is 42.0 Å². The smallest absolute Gasteiger partial charge is 0.361 e. The normalized spacial score (nSPS) is 16.5. The van der Waals surface area contributed by atoms with Gasteiger partial charge in [0.25, 0.3) is 0 Å². The SMILES string of the molecule is O=C(c1ccccc1)[S+]1CCCC1.O=C(c1ccccc1)[S+]1CCCC1.O=S(=O)([O-])CS(=O)(=O)[O-]. The molecule has 0 amide bonds. The van der Waals surface area contributed by atoms with E-state index >= 15 is 0 Å². The zero-order chi connectivity index (χ0) is 25.9. The molecule has 0 N–H and O–H groups in total. The Morgan fingerprint density at radius 3 is 1.11 bits per heavy atom. The van der Waals surface area contributed by atoms with Crippen LogP contribution in [-0.4, -0.2) is 64.3 Å². The lowest BCUT2D eigenvalue weighted by Crippen LogP contribution is -2.16. The van der Waals surface area contributed by atoms with E-state index in [1.54, 1.807) is 0 Å². The lowest BCUT2D eigenvalue weighted by atomic mass is 10.2. The molecule has 8 nitrogen and oxygen atoms in total. The minimum Gasteiger partial charge on any atom is -0.747 e. The maximum absolute atomic E-state index is 11.9. The number of benzene rings is 2. The van der Waals surface area contributed by atoms with Crippen molar-refractivity contribution >= 4 is 52.3 Å². The summed E-state index contributed by atoms with van der Waals surface area (Å²) >= 11 is 0. The van der Waals surface area contributed by atoms with Gasteiger partial charge in [0, 0.05) is 0 Å². The number of carbonyl (C=O) groups is 2. The Labute approximate surface area is 212 Å². The lowest BCUT2D eigenvalue weighted by molar-refractivity contribution is 0.107. The fraction of sp³-hybridized carbons (Fsp3) is 0.391. The summed E-state index contributed by atoms with van der Waals surface area (Å²) in [4.78, 5) is 23.7. The minimum atomic E-state index is -4.93. The predicted octanol–water partition coefficient (Wildman–Crippen LogP) is 2.51. The molecule has 0 atom stereocenters. The van der Waals surface area contributed by atoms with E-state index in [2.05, 4.69) is 0 Å². The summed E-state index contributed by atoms with van der Waals surface area (Å²) in [5, 5.41) is -1.13. The van der Waals surface area contributed by atoms with Crippen molar-refractivity contribution < 1.29 is 35.5 Å². The Morgan fingerprint density at radius 2 is 0.886 bits per heavy atom. The van der Waals surface area contributed by atoms with Crippen LogP contribution in [0.25, 0.3) is 0 Å². The van der Waals surface area contributed by atoms with Crippen molar-refractivity contribution in [2.24, 2.45) is 0 Å². The first-order chi connectivity index (χ1) is 16.5. The van der Waals surface area contributed by atoms with Crippen LogP contribution in [0.1, 0.15) is 46.4 Å². The topological polar surface area (TPSA) is 149 Å². The standard InChI is InChI=1S/2C11H13OS.CH4O6S2/c2*12-11(13-8-4-5-9-13)10-6-2-1-3-7-10;2-8(3,4)1-9(5,6)7/h2*1-3,6-7H,4-5,8-9H2;1H2,(H,2,3,4)(H,5,6,7)/q2*+1;/p-2. The van der Waals surface area contributed by atoms with Crippen LogP contribution in [0.4, 0.5) is 0 Å². The van der Waals surface area contributed by atoms with Crippen molar-refractivity contribution in [3.8, 4) is 0 Å². The maximum Gasteiger partial charge on any atom is 0.361 e. The summed E-state index contributed by atoms with van der Waals surface area (Å²) in [6.07, 6.45) is 4.95. The van der Waals surface area contributed by atoms with Gasteiger partial charge in [-0.2, -0.15) is 0 Å². The minimum absolute atomic E-state index is 0.0381. The monoisotopic (exact) mass is 560 g/mol. The van der Waals surface area contributed by atoms with Gasteiger partial charge in [0.2, 0.25) is 0 Å². The van der Waals surface area contributed by atoms with E-state index in [0.717, 1.165) is 34.1 Å². The first-order valence-electron chi connectivity index (χ1n) is 10.9. The first kappa shape index (κ1) is 29.5. The second-order valence-electron chi connectivity index (χ2n) is 7.76. The molecule has 2 aromatic rings. The average molecular weight is 561 g/mol. The second kappa shape index (κ2) is 14.1. The quantitative estimate of drug-likeness (QED) is 0.409. The van der Waals surface area contributed by atoms with E-state index in [9.17, 15) is 35.5 Å². The van der Waals surface area contributed by atoms with E-state index in [1.807, 2.05) is 60.7 Å². The second-order valence-corrected chi connectivity index (χ2v) is 15.3. The molecular formula is C23H28O8S4.